The fourth-order valence-electron chi connectivity index (χ4n) is 2.21. The number of nitrogens with two attached hydrogens (primary N) is 1. The molecule has 2 rings (SSSR count). The Morgan fingerprint density at radius 3 is 2.81 bits per heavy atom. The molecule has 0 amide bonds. The van der Waals surface area contributed by atoms with Crippen molar-refractivity contribution in [1.29, 1.82) is 0 Å². The van der Waals surface area contributed by atoms with E-state index >= 15 is 0 Å². The Hall–Kier alpha value is -0.450. The molecule has 1 aliphatic rings. The van der Waals surface area contributed by atoms with Gasteiger partial charge in [0.15, 0.2) is 0 Å². The van der Waals surface area contributed by atoms with Crippen molar-refractivity contribution < 1.29 is 4.74 Å². The van der Waals surface area contributed by atoms with E-state index in [0.29, 0.717) is 13.2 Å². The molecular formula is C12H20N2OS. The minimum atomic E-state index is -0.0788. The second kappa shape index (κ2) is 5.25. The Labute approximate surface area is 101 Å². The van der Waals surface area contributed by atoms with E-state index in [1.807, 2.05) is 6.92 Å². The van der Waals surface area contributed by atoms with Crippen LogP contribution in [0.3, 0.4) is 0 Å². The predicted octanol–water partition coefficient (Wildman–Crippen LogP) is 2.63. The minimum Gasteiger partial charge on any atom is -0.372 e. The smallest absolute Gasteiger partial charge is 0.119 e. The van der Waals surface area contributed by atoms with Crippen LogP contribution in [0.2, 0.25) is 0 Å². The first-order chi connectivity index (χ1) is 7.68. The summed E-state index contributed by atoms with van der Waals surface area (Å²) in [5.41, 5.74) is 7.28. The van der Waals surface area contributed by atoms with Crippen molar-refractivity contribution in [3.8, 4) is 0 Å². The summed E-state index contributed by atoms with van der Waals surface area (Å²) in [5.74, 6) is 0. The summed E-state index contributed by atoms with van der Waals surface area (Å²) in [4.78, 5) is 4.37. The Morgan fingerprint density at radius 2 is 2.19 bits per heavy atom. The van der Waals surface area contributed by atoms with E-state index in [4.69, 9.17) is 10.5 Å². The molecule has 0 unspecified atom stereocenters. The van der Waals surface area contributed by atoms with Crippen LogP contribution in [0.25, 0.3) is 0 Å². The van der Waals surface area contributed by atoms with Crippen molar-refractivity contribution in [3.63, 3.8) is 0 Å². The summed E-state index contributed by atoms with van der Waals surface area (Å²) >= 11 is 1.66. The lowest BCUT2D eigenvalue weighted by molar-refractivity contribution is 0.0573. The van der Waals surface area contributed by atoms with Gasteiger partial charge in [-0.25, -0.2) is 4.98 Å². The third-order valence-electron chi connectivity index (χ3n) is 3.13. The van der Waals surface area contributed by atoms with Gasteiger partial charge in [0, 0.05) is 16.6 Å². The van der Waals surface area contributed by atoms with E-state index in [-0.39, 0.29) is 5.54 Å². The lowest BCUT2D eigenvalue weighted by Crippen LogP contribution is -2.46. The average molecular weight is 240 g/mol. The number of aromatic nitrogens is 1. The monoisotopic (exact) mass is 240 g/mol. The number of ether oxygens (including phenoxy) is 1. The summed E-state index contributed by atoms with van der Waals surface area (Å²) in [5, 5.41) is 3.11. The maximum atomic E-state index is 6.29. The molecule has 90 valence electrons. The van der Waals surface area contributed by atoms with Crippen LogP contribution in [0.15, 0.2) is 5.38 Å². The highest BCUT2D eigenvalue weighted by atomic mass is 32.1. The van der Waals surface area contributed by atoms with Gasteiger partial charge in [0.1, 0.15) is 5.01 Å². The first kappa shape index (κ1) is 12.0. The molecule has 3 nitrogen and oxygen atoms in total. The average Bonchev–Trinajstić information content (AvgIpc) is 2.65. The Balaban J connectivity index is 1.74. The third kappa shape index (κ3) is 3.27. The van der Waals surface area contributed by atoms with Gasteiger partial charge < -0.3 is 10.5 Å². The van der Waals surface area contributed by atoms with Gasteiger partial charge >= 0.3 is 0 Å². The zero-order chi connectivity index (χ0) is 11.4. The molecule has 1 aromatic heterocycles. The molecule has 0 saturated heterocycles. The summed E-state index contributed by atoms with van der Waals surface area (Å²) in [6.45, 7) is 3.29. The largest absolute Gasteiger partial charge is 0.372 e. The molecule has 2 N–H and O–H groups in total. The van der Waals surface area contributed by atoms with Crippen molar-refractivity contribution in [2.45, 2.75) is 51.2 Å². The standard InChI is InChI=1S/C12H20N2OS/c1-10-8-16-11(14-10)7-15-9-12(13)5-3-2-4-6-12/h8H,2-7,9,13H2,1H3. The molecule has 4 heteroatoms. The van der Waals surface area contributed by atoms with Gasteiger partial charge in [-0.05, 0) is 19.8 Å². The van der Waals surface area contributed by atoms with E-state index < -0.39 is 0 Å². The van der Waals surface area contributed by atoms with Crippen molar-refractivity contribution in [2.24, 2.45) is 5.73 Å². The highest BCUT2D eigenvalue weighted by Gasteiger charge is 2.27. The number of nitrogens with zero attached hydrogens (tertiary/aromatic N) is 1. The van der Waals surface area contributed by atoms with E-state index in [2.05, 4.69) is 10.4 Å². The zero-order valence-corrected chi connectivity index (χ0v) is 10.7. The van der Waals surface area contributed by atoms with Crippen LogP contribution in [0.5, 0.6) is 0 Å². The van der Waals surface area contributed by atoms with Gasteiger partial charge in [0.25, 0.3) is 0 Å². The molecule has 1 saturated carbocycles. The quantitative estimate of drug-likeness (QED) is 0.880. The third-order valence-corrected chi connectivity index (χ3v) is 4.07. The molecule has 0 radical (unpaired) electrons. The number of thiazole rings is 1. The van der Waals surface area contributed by atoms with Gasteiger partial charge in [0.2, 0.25) is 0 Å². The van der Waals surface area contributed by atoms with E-state index in [1.54, 1.807) is 11.3 Å². The van der Waals surface area contributed by atoms with Crippen LogP contribution in [0.1, 0.15) is 42.8 Å². The summed E-state index contributed by atoms with van der Waals surface area (Å²) in [7, 11) is 0. The Kier molecular flexibility index (Phi) is 3.95. The summed E-state index contributed by atoms with van der Waals surface area (Å²) < 4.78 is 5.70. The highest BCUT2D eigenvalue weighted by Crippen LogP contribution is 2.26. The van der Waals surface area contributed by atoms with Gasteiger partial charge in [0.05, 0.1) is 13.2 Å². The van der Waals surface area contributed by atoms with Crippen LogP contribution in [-0.2, 0) is 11.3 Å². The Bertz CT molecular complexity index is 332. The van der Waals surface area contributed by atoms with Crippen molar-refractivity contribution in [1.82, 2.24) is 4.98 Å². The molecule has 1 fully saturated rings. The molecule has 0 bridgehead atoms. The molecule has 16 heavy (non-hydrogen) atoms. The molecule has 1 aromatic rings. The van der Waals surface area contributed by atoms with Gasteiger partial charge in [-0.1, -0.05) is 19.3 Å². The zero-order valence-electron chi connectivity index (χ0n) is 9.87. The summed E-state index contributed by atoms with van der Waals surface area (Å²) in [6.07, 6.45) is 6.02. The maximum absolute atomic E-state index is 6.29. The van der Waals surface area contributed by atoms with Crippen LogP contribution < -0.4 is 5.73 Å². The fourth-order valence-corrected chi connectivity index (χ4v) is 2.92. The van der Waals surface area contributed by atoms with E-state index in [1.165, 1.54) is 19.3 Å². The van der Waals surface area contributed by atoms with Crippen molar-refractivity contribution >= 4 is 11.3 Å². The number of hydrogen-bond donors (Lipinski definition) is 1. The summed E-state index contributed by atoms with van der Waals surface area (Å²) in [6, 6.07) is 0. The fraction of sp³-hybridized carbons (Fsp3) is 0.750. The number of hydrogen-bond acceptors (Lipinski definition) is 4. The van der Waals surface area contributed by atoms with Crippen LogP contribution in [0.4, 0.5) is 0 Å². The van der Waals surface area contributed by atoms with Crippen LogP contribution in [0, 0.1) is 6.92 Å². The maximum Gasteiger partial charge on any atom is 0.119 e. The highest BCUT2D eigenvalue weighted by molar-refractivity contribution is 7.09. The lowest BCUT2D eigenvalue weighted by Gasteiger charge is -2.32. The lowest BCUT2D eigenvalue weighted by atomic mass is 9.83. The van der Waals surface area contributed by atoms with Gasteiger partial charge in [-0.2, -0.15) is 0 Å². The molecule has 1 aliphatic carbocycles. The SMILES string of the molecule is Cc1csc(COCC2(N)CCCCC2)n1. The van der Waals surface area contributed by atoms with E-state index in [0.717, 1.165) is 23.5 Å². The van der Waals surface area contributed by atoms with E-state index in [9.17, 15) is 0 Å². The van der Waals surface area contributed by atoms with Gasteiger partial charge in [-0.3, -0.25) is 0 Å². The Morgan fingerprint density at radius 1 is 1.44 bits per heavy atom. The van der Waals surface area contributed by atoms with Crippen molar-refractivity contribution in [2.75, 3.05) is 6.61 Å². The predicted molar refractivity (Wildman–Crippen MR) is 66.5 cm³/mol. The number of aryl methyl sites for hydroxylation is 1. The minimum absolute atomic E-state index is 0.0788. The van der Waals surface area contributed by atoms with Gasteiger partial charge in [-0.15, -0.1) is 11.3 Å². The molecule has 0 atom stereocenters. The molecule has 0 spiro atoms. The molecular weight excluding hydrogens is 220 g/mol. The first-order valence-electron chi connectivity index (χ1n) is 5.96. The second-order valence-electron chi connectivity index (χ2n) is 4.80. The second-order valence-corrected chi connectivity index (χ2v) is 5.74. The number of rotatable bonds is 4. The molecule has 0 aromatic carbocycles. The topological polar surface area (TPSA) is 48.1 Å². The molecule has 1 heterocycles. The first-order valence-corrected chi connectivity index (χ1v) is 6.84. The normalized spacial score (nSPS) is 19.9. The molecule has 0 aliphatic heterocycles. The van der Waals surface area contributed by atoms with Crippen LogP contribution in [-0.4, -0.2) is 17.1 Å². The van der Waals surface area contributed by atoms with Crippen molar-refractivity contribution in [3.05, 3.63) is 16.1 Å². The van der Waals surface area contributed by atoms with Crippen LogP contribution >= 0.6 is 11.3 Å².